The summed E-state index contributed by atoms with van der Waals surface area (Å²) >= 11 is 5.91. The minimum absolute atomic E-state index is 0.0953. The van der Waals surface area contributed by atoms with E-state index < -0.39 is 5.97 Å². The molecule has 19 heavy (non-hydrogen) atoms. The van der Waals surface area contributed by atoms with Crippen LogP contribution < -0.4 is 5.32 Å². The number of anilines is 1. The summed E-state index contributed by atoms with van der Waals surface area (Å²) in [7, 11) is 1.66. The molecule has 5 nitrogen and oxygen atoms in total. The number of carboxylic acid groups (broad SMARTS) is 1. The first-order valence-electron chi connectivity index (χ1n) is 5.96. The zero-order valence-electron chi connectivity index (χ0n) is 10.6. The van der Waals surface area contributed by atoms with Gasteiger partial charge in [0.25, 0.3) is 0 Å². The van der Waals surface area contributed by atoms with Crippen molar-refractivity contribution in [2.45, 2.75) is 12.0 Å². The molecule has 1 unspecified atom stereocenters. The summed E-state index contributed by atoms with van der Waals surface area (Å²) in [6, 6.07) is 4.77. The van der Waals surface area contributed by atoms with Crippen LogP contribution in [0.25, 0.3) is 0 Å². The molecule has 0 bridgehead atoms. The lowest BCUT2D eigenvalue weighted by atomic mass is 10.0. The normalized spacial score (nSPS) is 22.4. The quantitative estimate of drug-likeness (QED) is 0.868. The molecule has 1 aliphatic heterocycles. The lowest BCUT2D eigenvalue weighted by molar-refractivity contribution is -0.00620. The van der Waals surface area contributed by atoms with E-state index in [1.54, 1.807) is 19.2 Å². The molecule has 0 amide bonds. The molecule has 2 N–H and O–H groups in total. The molecule has 0 aromatic heterocycles. The first-order valence-corrected chi connectivity index (χ1v) is 6.34. The van der Waals surface area contributed by atoms with Gasteiger partial charge in [0.1, 0.15) is 5.60 Å². The standard InChI is InChI=1S/C13H16ClNO4/c1-18-13(4-5-19-8-13)7-15-9-2-3-10(12(16)17)11(14)6-9/h2-3,6,15H,4-5,7-8H2,1H3,(H,16,17). The van der Waals surface area contributed by atoms with Crippen molar-refractivity contribution in [1.29, 1.82) is 0 Å². The maximum absolute atomic E-state index is 10.9. The van der Waals surface area contributed by atoms with Crippen LogP contribution in [0.1, 0.15) is 16.8 Å². The second kappa shape index (κ2) is 5.77. The van der Waals surface area contributed by atoms with Crippen LogP contribution in [0, 0.1) is 0 Å². The lowest BCUT2D eigenvalue weighted by Crippen LogP contribution is -2.39. The highest BCUT2D eigenvalue weighted by molar-refractivity contribution is 6.33. The van der Waals surface area contributed by atoms with E-state index in [-0.39, 0.29) is 16.2 Å². The molecular formula is C13H16ClNO4. The molecule has 6 heteroatoms. The van der Waals surface area contributed by atoms with Crippen molar-refractivity contribution in [3.05, 3.63) is 28.8 Å². The van der Waals surface area contributed by atoms with Gasteiger partial charge < -0.3 is 19.9 Å². The first kappa shape index (κ1) is 14.1. The van der Waals surface area contributed by atoms with E-state index >= 15 is 0 Å². The molecule has 0 spiro atoms. The summed E-state index contributed by atoms with van der Waals surface area (Å²) in [6.07, 6.45) is 0.831. The van der Waals surface area contributed by atoms with Crippen LogP contribution in [0.5, 0.6) is 0 Å². The SMILES string of the molecule is COC1(CNc2ccc(C(=O)O)c(Cl)c2)CCOC1. The van der Waals surface area contributed by atoms with Gasteiger partial charge in [0.05, 0.1) is 17.2 Å². The van der Waals surface area contributed by atoms with Crippen LogP contribution in [0.4, 0.5) is 5.69 Å². The van der Waals surface area contributed by atoms with Gasteiger partial charge in [-0.3, -0.25) is 0 Å². The number of carbonyl (C=O) groups is 1. The monoisotopic (exact) mass is 285 g/mol. The third-order valence-corrected chi connectivity index (χ3v) is 3.63. The Labute approximate surface area is 116 Å². The third-order valence-electron chi connectivity index (χ3n) is 3.31. The summed E-state index contributed by atoms with van der Waals surface area (Å²) in [6.45, 7) is 1.83. The first-order chi connectivity index (χ1) is 9.06. The van der Waals surface area contributed by atoms with Crippen molar-refractivity contribution in [3.8, 4) is 0 Å². The Morgan fingerprint density at radius 3 is 2.95 bits per heavy atom. The van der Waals surface area contributed by atoms with Crippen LogP contribution in [0.15, 0.2) is 18.2 Å². The zero-order chi connectivity index (χ0) is 13.9. The van der Waals surface area contributed by atoms with Crippen LogP contribution in [-0.2, 0) is 9.47 Å². The van der Waals surface area contributed by atoms with E-state index in [0.717, 1.165) is 12.1 Å². The highest BCUT2D eigenvalue weighted by Gasteiger charge is 2.34. The lowest BCUT2D eigenvalue weighted by Gasteiger charge is -2.26. The molecule has 1 atom stereocenters. The second-order valence-corrected chi connectivity index (χ2v) is 4.95. The molecular weight excluding hydrogens is 270 g/mol. The number of benzene rings is 1. The molecule has 0 aliphatic carbocycles. The van der Waals surface area contributed by atoms with Crippen molar-refractivity contribution >= 4 is 23.3 Å². The van der Waals surface area contributed by atoms with Gasteiger partial charge in [0, 0.05) is 32.4 Å². The van der Waals surface area contributed by atoms with E-state index in [1.807, 2.05) is 0 Å². The molecule has 2 rings (SSSR count). The van der Waals surface area contributed by atoms with Crippen molar-refractivity contribution in [2.24, 2.45) is 0 Å². The molecule has 0 saturated carbocycles. The fourth-order valence-electron chi connectivity index (χ4n) is 2.02. The number of nitrogens with one attached hydrogen (secondary N) is 1. The summed E-state index contributed by atoms with van der Waals surface area (Å²) in [4.78, 5) is 10.9. The average molecular weight is 286 g/mol. The van der Waals surface area contributed by atoms with Gasteiger partial charge in [-0.2, -0.15) is 0 Å². The topological polar surface area (TPSA) is 67.8 Å². The highest BCUT2D eigenvalue weighted by atomic mass is 35.5. The Bertz CT molecular complexity index is 472. The fraction of sp³-hybridized carbons (Fsp3) is 0.462. The molecule has 0 radical (unpaired) electrons. The number of hydrogen-bond acceptors (Lipinski definition) is 4. The van der Waals surface area contributed by atoms with Gasteiger partial charge >= 0.3 is 5.97 Å². The predicted octanol–water partition coefficient (Wildman–Crippen LogP) is 2.26. The zero-order valence-corrected chi connectivity index (χ0v) is 11.4. The number of hydrogen-bond donors (Lipinski definition) is 2. The van der Waals surface area contributed by atoms with Gasteiger partial charge in [0.2, 0.25) is 0 Å². The minimum atomic E-state index is -1.03. The Kier molecular flexibility index (Phi) is 4.29. The van der Waals surface area contributed by atoms with Gasteiger partial charge in [-0.25, -0.2) is 4.79 Å². The molecule has 104 valence electrons. The smallest absolute Gasteiger partial charge is 0.337 e. The van der Waals surface area contributed by atoms with E-state index in [9.17, 15) is 4.79 Å². The number of aromatic carboxylic acids is 1. The van der Waals surface area contributed by atoms with Crippen LogP contribution in [0.2, 0.25) is 5.02 Å². The van der Waals surface area contributed by atoms with Gasteiger partial charge in [-0.15, -0.1) is 0 Å². The summed E-state index contributed by atoms with van der Waals surface area (Å²) in [5.74, 6) is -1.03. The number of halogens is 1. The van der Waals surface area contributed by atoms with E-state index in [2.05, 4.69) is 5.32 Å². The number of carboxylic acids is 1. The summed E-state index contributed by atoms with van der Waals surface area (Å²) < 4.78 is 10.8. The van der Waals surface area contributed by atoms with Crippen molar-refractivity contribution in [1.82, 2.24) is 0 Å². The maximum Gasteiger partial charge on any atom is 0.337 e. The Hall–Kier alpha value is -1.30. The maximum atomic E-state index is 10.9. The van der Waals surface area contributed by atoms with Crippen molar-refractivity contribution < 1.29 is 19.4 Å². The van der Waals surface area contributed by atoms with Gasteiger partial charge in [-0.1, -0.05) is 11.6 Å². The number of ether oxygens (including phenoxy) is 2. The summed E-state index contributed by atoms with van der Waals surface area (Å²) in [5, 5.41) is 12.3. The fourth-order valence-corrected chi connectivity index (χ4v) is 2.28. The van der Waals surface area contributed by atoms with E-state index in [4.69, 9.17) is 26.2 Å². The molecule has 1 saturated heterocycles. The molecule has 1 aliphatic rings. The summed E-state index contributed by atoms with van der Waals surface area (Å²) in [5.41, 5.74) is 0.536. The van der Waals surface area contributed by atoms with Gasteiger partial charge in [-0.05, 0) is 18.2 Å². The van der Waals surface area contributed by atoms with Crippen molar-refractivity contribution in [2.75, 3.05) is 32.2 Å². The largest absolute Gasteiger partial charge is 0.478 e. The molecule has 1 heterocycles. The second-order valence-electron chi connectivity index (χ2n) is 4.54. The number of rotatable bonds is 5. The Morgan fingerprint density at radius 2 is 2.42 bits per heavy atom. The average Bonchev–Trinajstić information content (AvgIpc) is 2.85. The molecule has 1 aromatic carbocycles. The highest BCUT2D eigenvalue weighted by Crippen LogP contribution is 2.25. The van der Waals surface area contributed by atoms with Crippen LogP contribution in [-0.4, -0.2) is 43.5 Å². The van der Waals surface area contributed by atoms with E-state index in [1.165, 1.54) is 6.07 Å². The molecule has 1 aromatic rings. The molecule has 1 fully saturated rings. The Balaban J connectivity index is 2.03. The van der Waals surface area contributed by atoms with Crippen LogP contribution >= 0.6 is 11.6 Å². The van der Waals surface area contributed by atoms with Crippen molar-refractivity contribution in [3.63, 3.8) is 0 Å². The predicted molar refractivity (Wildman–Crippen MR) is 72.1 cm³/mol. The Morgan fingerprint density at radius 1 is 1.63 bits per heavy atom. The van der Waals surface area contributed by atoms with Gasteiger partial charge in [0.15, 0.2) is 0 Å². The van der Waals surface area contributed by atoms with E-state index in [0.29, 0.717) is 19.8 Å². The number of methoxy groups -OCH3 is 1. The third kappa shape index (κ3) is 3.18. The van der Waals surface area contributed by atoms with Crippen LogP contribution in [0.3, 0.4) is 0 Å². The minimum Gasteiger partial charge on any atom is -0.478 e.